The molecule has 0 bridgehead atoms. The molecular weight excluding hydrogens is 158 g/mol. The van der Waals surface area contributed by atoms with Gasteiger partial charge in [0.25, 0.3) is 0 Å². The molecule has 0 radical (unpaired) electrons. The van der Waals surface area contributed by atoms with E-state index in [2.05, 4.69) is 53.2 Å². The van der Waals surface area contributed by atoms with E-state index in [9.17, 15) is 0 Å². The zero-order valence-electron chi connectivity index (χ0n) is 9.95. The van der Waals surface area contributed by atoms with Gasteiger partial charge in [-0.2, -0.15) is 0 Å². The lowest BCUT2D eigenvalue weighted by Gasteiger charge is -2.20. The van der Waals surface area contributed by atoms with Crippen molar-refractivity contribution in [3.8, 4) is 0 Å². The summed E-state index contributed by atoms with van der Waals surface area (Å²) < 4.78 is 2.29. The maximum atomic E-state index is 2.29. The van der Waals surface area contributed by atoms with Gasteiger partial charge in [0.15, 0.2) is 0 Å². The van der Waals surface area contributed by atoms with Gasteiger partial charge >= 0.3 is 0 Å². The van der Waals surface area contributed by atoms with Gasteiger partial charge < -0.3 is 4.57 Å². The summed E-state index contributed by atoms with van der Waals surface area (Å²) in [6.07, 6.45) is 0. The SMILES string of the molecule is Cc1c(C(C)(C)C)c(C)n(C)c1C. The van der Waals surface area contributed by atoms with Crippen molar-refractivity contribution in [2.45, 2.75) is 47.0 Å². The molecule has 0 aliphatic carbocycles. The Kier molecular flexibility index (Phi) is 2.31. The Labute approximate surface area is 81.8 Å². The highest BCUT2D eigenvalue weighted by Crippen LogP contribution is 2.31. The normalized spacial score (nSPS) is 12.2. The Morgan fingerprint density at radius 1 is 0.923 bits per heavy atom. The lowest BCUT2D eigenvalue weighted by atomic mass is 9.84. The molecule has 0 atom stereocenters. The number of hydrogen-bond donors (Lipinski definition) is 0. The molecule has 0 aliphatic rings. The molecule has 1 heterocycles. The first-order chi connectivity index (χ1) is 5.76. The molecule has 0 saturated heterocycles. The van der Waals surface area contributed by atoms with Crippen LogP contribution in [0, 0.1) is 20.8 Å². The largest absolute Gasteiger partial charge is 0.352 e. The first-order valence-corrected chi connectivity index (χ1v) is 4.89. The lowest BCUT2D eigenvalue weighted by Crippen LogP contribution is -2.13. The molecule has 0 aromatic carbocycles. The Morgan fingerprint density at radius 3 is 1.54 bits per heavy atom. The van der Waals surface area contributed by atoms with Crippen molar-refractivity contribution < 1.29 is 0 Å². The van der Waals surface area contributed by atoms with Crippen LogP contribution in [0.5, 0.6) is 0 Å². The molecule has 1 nitrogen and oxygen atoms in total. The summed E-state index contributed by atoms with van der Waals surface area (Å²) in [7, 11) is 2.15. The molecule has 1 rings (SSSR count). The van der Waals surface area contributed by atoms with E-state index in [4.69, 9.17) is 0 Å². The van der Waals surface area contributed by atoms with E-state index in [-0.39, 0.29) is 5.41 Å². The first-order valence-electron chi connectivity index (χ1n) is 4.89. The summed E-state index contributed by atoms with van der Waals surface area (Å²) in [5, 5.41) is 0. The number of hydrogen-bond acceptors (Lipinski definition) is 0. The summed E-state index contributed by atoms with van der Waals surface area (Å²) in [5.41, 5.74) is 6.02. The van der Waals surface area contributed by atoms with Crippen LogP contribution in [-0.4, -0.2) is 4.57 Å². The standard InChI is InChI=1S/C12H21N/c1-8-9(2)13(7)10(3)11(8)12(4,5)6/h1-7H3. The van der Waals surface area contributed by atoms with Crippen molar-refractivity contribution >= 4 is 0 Å². The molecule has 0 fully saturated rings. The van der Waals surface area contributed by atoms with E-state index in [1.165, 1.54) is 22.5 Å². The third-order valence-corrected chi connectivity index (χ3v) is 3.04. The highest BCUT2D eigenvalue weighted by Gasteiger charge is 2.22. The van der Waals surface area contributed by atoms with Gasteiger partial charge in [0.1, 0.15) is 0 Å². The Balaban J connectivity index is 3.47. The fourth-order valence-electron chi connectivity index (χ4n) is 2.23. The smallest absolute Gasteiger partial charge is 0.0183 e. The molecule has 0 N–H and O–H groups in total. The van der Waals surface area contributed by atoms with E-state index in [1.807, 2.05) is 0 Å². The van der Waals surface area contributed by atoms with Gasteiger partial charge in [0.05, 0.1) is 0 Å². The Bertz CT molecular complexity index is 298. The van der Waals surface area contributed by atoms with E-state index in [0.717, 1.165) is 0 Å². The fraction of sp³-hybridized carbons (Fsp3) is 0.667. The summed E-state index contributed by atoms with van der Waals surface area (Å²) in [4.78, 5) is 0. The van der Waals surface area contributed by atoms with Crippen LogP contribution < -0.4 is 0 Å². The van der Waals surface area contributed by atoms with Crippen molar-refractivity contribution in [1.29, 1.82) is 0 Å². The zero-order chi connectivity index (χ0) is 10.4. The second-order valence-electron chi connectivity index (χ2n) is 4.98. The van der Waals surface area contributed by atoms with Gasteiger partial charge in [0, 0.05) is 18.4 Å². The van der Waals surface area contributed by atoms with Gasteiger partial charge in [-0.05, 0) is 37.3 Å². The number of aromatic nitrogens is 1. The predicted octanol–water partition coefficient (Wildman–Crippen LogP) is 3.25. The Morgan fingerprint density at radius 2 is 1.38 bits per heavy atom. The average Bonchev–Trinajstić information content (AvgIpc) is 2.14. The van der Waals surface area contributed by atoms with Crippen molar-refractivity contribution in [3.05, 3.63) is 22.5 Å². The average molecular weight is 179 g/mol. The van der Waals surface area contributed by atoms with Crippen LogP contribution in [-0.2, 0) is 12.5 Å². The van der Waals surface area contributed by atoms with Crippen LogP contribution in [0.3, 0.4) is 0 Å². The first kappa shape index (κ1) is 10.4. The van der Waals surface area contributed by atoms with E-state index in [0.29, 0.717) is 0 Å². The molecular formula is C12H21N. The minimum Gasteiger partial charge on any atom is -0.352 e. The van der Waals surface area contributed by atoms with Gasteiger partial charge in [0.2, 0.25) is 0 Å². The summed E-state index contributed by atoms with van der Waals surface area (Å²) in [6, 6.07) is 0. The monoisotopic (exact) mass is 179 g/mol. The van der Waals surface area contributed by atoms with Crippen molar-refractivity contribution in [2.24, 2.45) is 7.05 Å². The molecule has 0 aliphatic heterocycles. The summed E-state index contributed by atoms with van der Waals surface area (Å²) in [6.45, 7) is 13.5. The third kappa shape index (κ3) is 1.52. The molecule has 1 aromatic heterocycles. The molecule has 1 heteroatoms. The maximum Gasteiger partial charge on any atom is 0.0183 e. The second-order valence-corrected chi connectivity index (χ2v) is 4.98. The molecule has 0 saturated carbocycles. The highest BCUT2D eigenvalue weighted by atomic mass is 15.0. The van der Waals surface area contributed by atoms with Crippen molar-refractivity contribution in [3.63, 3.8) is 0 Å². The quantitative estimate of drug-likeness (QED) is 0.576. The van der Waals surface area contributed by atoms with Crippen LogP contribution in [0.1, 0.15) is 43.3 Å². The second kappa shape index (κ2) is 2.90. The van der Waals surface area contributed by atoms with Crippen molar-refractivity contribution in [1.82, 2.24) is 4.57 Å². The summed E-state index contributed by atoms with van der Waals surface area (Å²) in [5.74, 6) is 0. The molecule has 0 amide bonds. The van der Waals surface area contributed by atoms with E-state index in [1.54, 1.807) is 0 Å². The Hall–Kier alpha value is -0.720. The minimum atomic E-state index is 0.264. The molecule has 74 valence electrons. The zero-order valence-corrected chi connectivity index (χ0v) is 9.95. The van der Waals surface area contributed by atoms with Gasteiger partial charge in [-0.25, -0.2) is 0 Å². The molecule has 13 heavy (non-hydrogen) atoms. The minimum absolute atomic E-state index is 0.264. The van der Waals surface area contributed by atoms with Crippen LogP contribution in [0.25, 0.3) is 0 Å². The third-order valence-electron chi connectivity index (χ3n) is 3.04. The van der Waals surface area contributed by atoms with E-state index < -0.39 is 0 Å². The molecule has 1 aromatic rings. The van der Waals surface area contributed by atoms with Crippen LogP contribution in [0.4, 0.5) is 0 Å². The number of rotatable bonds is 0. The topological polar surface area (TPSA) is 4.93 Å². The predicted molar refractivity (Wildman–Crippen MR) is 58.3 cm³/mol. The fourth-order valence-corrected chi connectivity index (χ4v) is 2.23. The highest BCUT2D eigenvalue weighted by molar-refractivity contribution is 5.40. The van der Waals surface area contributed by atoms with Crippen LogP contribution >= 0.6 is 0 Å². The van der Waals surface area contributed by atoms with Gasteiger partial charge in [-0.15, -0.1) is 0 Å². The van der Waals surface area contributed by atoms with Gasteiger partial charge in [-0.3, -0.25) is 0 Å². The molecule has 0 spiro atoms. The maximum absolute atomic E-state index is 2.29. The number of nitrogens with zero attached hydrogens (tertiary/aromatic N) is 1. The van der Waals surface area contributed by atoms with E-state index >= 15 is 0 Å². The van der Waals surface area contributed by atoms with Crippen LogP contribution in [0.15, 0.2) is 0 Å². The lowest BCUT2D eigenvalue weighted by molar-refractivity contribution is 0.580. The van der Waals surface area contributed by atoms with Crippen molar-refractivity contribution in [2.75, 3.05) is 0 Å². The summed E-state index contributed by atoms with van der Waals surface area (Å²) >= 11 is 0. The van der Waals surface area contributed by atoms with Crippen LogP contribution in [0.2, 0.25) is 0 Å². The molecule has 0 unspecified atom stereocenters. The van der Waals surface area contributed by atoms with Gasteiger partial charge in [-0.1, -0.05) is 20.8 Å².